The molecular weight excluding hydrogens is 457 g/mol. The highest BCUT2D eigenvalue weighted by molar-refractivity contribution is 5.78. The van der Waals surface area contributed by atoms with Gasteiger partial charge in [-0.1, -0.05) is 63.2 Å². The maximum Gasteiger partial charge on any atom is 0.249 e. The van der Waals surface area contributed by atoms with E-state index in [0.29, 0.717) is 17.9 Å². The Morgan fingerprint density at radius 3 is 2.56 bits per heavy atom. The maximum absolute atomic E-state index is 14.6. The molecule has 0 spiro atoms. The lowest BCUT2D eigenvalue weighted by Crippen LogP contribution is -2.47. The number of rotatable bonds is 10. The fraction of sp³-hybridized carbons (Fsp3) is 0.393. The van der Waals surface area contributed by atoms with E-state index in [4.69, 9.17) is 15.5 Å². The zero-order valence-corrected chi connectivity index (χ0v) is 21.3. The molecule has 2 unspecified atom stereocenters. The van der Waals surface area contributed by atoms with Crippen LogP contribution < -0.4 is 5.73 Å². The van der Waals surface area contributed by atoms with Gasteiger partial charge in [-0.25, -0.2) is 9.37 Å². The first-order valence-electron chi connectivity index (χ1n) is 11.9. The number of nitrogens with zero attached hydrogens (tertiary/aromatic N) is 4. The van der Waals surface area contributed by atoms with Crippen molar-refractivity contribution in [3.63, 3.8) is 0 Å². The molecule has 1 aromatic heterocycles. The topological polar surface area (TPSA) is 97.2 Å². The van der Waals surface area contributed by atoms with Crippen LogP contribution >= 0.6 is 0 Å². The maximum atomic E-state index is 14.6. The molecule has 0 aliphatic heterocycles. The van der Waals surface area contributed by atoms with Crippen LogP contribution in [-0.2, 0) is 16.1 Å². The molecule has 0 fully saturated rings. The lowest BCUT2D eigenvalue weighted by Gasteiger charge is -2.40. The Bertz CT molecular complexity index is 1200. The molecule has 0 saturated heterocycles. The highest BCUT2D eigenvalue weighted by Crippen LogP contribution is 2.39. The number of alkyl halides is 1. The summed E-state index contributed by atoms with van der Waals surface area (Å²) in [6.45, 7) is 5.88. The number of nitrogens with two attached hydrogens (primary N) is 1. The van der Waals surface area contributed by atoms with Crippen LogP contribution in [0.5, 0.6) is 0 Å². The van der Waals surface area contributed by atoms with Gasteiger partial charge in [0.2, 0.25) is 5.91 Å². The fourth-order valence-corrected chi connectivity index (χ4v) is 4.30. The average Bonchev–Trinajstić information content (AvgIpc) is 3.26. The number of hydrogen-bond donors (Lipinski definition) is 1. The van der Waals surface area contributed by atoms with E-state index >= 15 is 0 Å². The number of aromatic nitrogens is 2. The van der Waals surface area contributed by atoms with E-state index < -0.39 is 17.6 Å². The van der Waals surface area contributed by atoms with Gasteiger partial charge in [0.1, 0.15) is 18.6 Å². The number of carbonyl (C=O) groups excluding carboxylic acids is 1. The van der Waals surface area contributed by atoms with Crippen molar-refractivity contribution in [2.45, 2.75) is 39.5 Å². The molecule has 7 nitrogen and oxygen atoms in total. The van der Waals surface area contributed by atoms with Gasteiger partial charge in [0.25, 0.3) is 0 Å². The van der Waals surface area contributed by atoms with Gasteiger partial charge < -0.3 is 19.9 Å². The van der Waals surface area contributed by atoms with Crippen molar-refractivity contribution in [1.82, 2.24) is 14.5 Å². The Kier molecular flexibility index (Phi) is 8.97. The molecule has 2 aromatic carbocycles. The number of ether oxygens (including phenoxy) is 1. The summed E-state index contributed by atoms with van der Waals surface area (Å²) in [5.74, 6) is 0.285. The Balaban J connectivity index is 2.19. The summed E-state index contributed by atoms with van der Waals surface area (Å²) in [5.41, 5.74) is 8.24. The van der Waals surface area contributed by atoms with Crippen LogP contribution in [-0.4, -0.2) is 53.3 Å². The minimum absolute atomic E-state index is 0.169. The molecule has 36 heavy (non-hydrogen) atoms. The quantitative estimate of drug-likeness (QED) is 0.455. The molecule has 1 amide bonds. The van der Waals surface area contributed by atoms with Gasteiger partial charge >= 0.3 is 0 Å². The Hall–Kier alpha value is -3.54. The summed E-state index contributed by atoms with van der Waals surface area (Å²) in [7, 11) is 1.44. The van der Waals surface area contributed by atoms with Crippen LogP contribution in [0.25, 0.3) is 11.3 Å². The summed E-state index contributed by atoms with van der Waals surface area (Å²) >= 11 is 0. The highest BCUT2D eigenvalue weighted by Gasteiger charge is 2.39. The molecule has 8 heteroatoms. The SMILES string of the molecule is COCC(=O)N(CC(F)CN)C(c1nc(-c2ccccc2)cn1Cc1cccc(C#N)c1)C(C)(C)C. The van der Waals surface area contributed by atoms with E-state index in [-0.39, 0.29) is 25.6 Å². The van der Waals surface area contributed by atoms with Crippen LogP contribution in [0.3, 0.4) is 0 Å². The predicted molar refractivity (Wildman–Crippen MR) is 138 cm³/mol. The van der Waals surface area contributed by atoms with Crippen molar-refractivity contribution in [3.05, 3.63) is 77.7 Å². The van der Waals surface area contributed by atoms with Gasteiger partial charge in [-0.2, -0.15) is 5.26 Å². The second-order valence-electron chi connectivity index (χ2n) is 9.87. The van der Waals surface area contributed by atoms with Crippen molar-refractivity contribution >= 4 is 5.91 Å². The van der Waals surface area contributed by atoms with E-state index in [2.05, 4.69) is 6.07 Å². The first-order chi connectivity index (χ1) is 17.2. The fourth-order valence-electron chi connectivity index (χ4n) is 4.30. The van der Waals surface area contributed by atoms with Gasteiger partial charge in [-0.15, -0.1) is 0 Å². The minimum Gasteiger partial charge on any atom is -0.375 e. The van der Waals surface area contributed by atoms with Crippen molar-refractivity contribution in [1.29, 1.82) is 5.26 Å². The number of carbonyl (C=O) groups is 1. The molecule has 2 N–H and O–H groups in total. The Morgan fingerprint density at radius 1 is 1.22 bits per heavy atom. The summed E-state index contributed by atoms with van der Waals surface area (Å²) in [5, 5.41) is 9.35. The second kappa shape index (κ2) is 11.9. The van der Waals surface area contributed by atoms with Crippen molar-refractivity contribution in [2.24, 2.45) is 11.1 Å². The van der Waals surface area contributed by atoms with Gasteiger partial charge in [-0.05, 0) is 23.1 Å². The van der Waals surface area contributed by atoms with Crippen molar-refractivity contribution < 1.29 is 13.9 Å². The first kappa shape index (κ1) is 27.1. The standard InChI is InChI=1S/C28H34FN5O2/c1-28(2,3)26(34(17-23(29)15-31)25(35)19-36-4)27-32-24(22-11-6-5-7-12-22)18-33(27)16-21-10-8-9-20(13-21)14-30/h5-13,18,23,26H,15-17,19,31H2,1-4H3. The summed E-state index contributed by atoms with van der Waals surface area (Å²) in [4.78, 5) is 19.7. The summed E-state index contributed by atoms with van der Waals surface area (Å²) in [6, 6.07) is 18.7. The molecule has 0 aliphatic rings. The number of halogens is 1. The molecule has 3 aromatic rings. The lowest BCUT2D eigenvalue weighted by molar-refractivity contribution is -0.141. The van der Waals surface area contributed by atoms with E-state index in [0.717, 1.165) is 16.8 Å². The third-order valence-corrected chi connectivity index (χ3v) is 5.90. The monoisotopic (exact) mass is 491 g/mol. The zero-order chi connectivity index (χ0) is 26.3. The average molecular weight is 492 g/mol. The first-order valence-corrected chi connectivity index (χ1v) is 11.9. The van der Waals surface area contributed by atoms with Gasteiger partial charge in [-0.3, -0.25) is 4.79 Å². The third kappa shape index (κ3) is 6.56. The number of amides is 1. The van der Waals surface area contributed by atoms with E-state index in [1.54, 1.807) is 6.07 Å². The summed E-state index contributed by atoms with van der Waals surface area (Å²) in [6.07, 6.45) is 0.553. The normalized spacial score (nSPS) is 13.1. The van der Waals surface area contributed by atoms with Crippen LogP contribution in [0.2, 0.25) is 0 Å². The predicted octanol–water partition coefficient (Wildman–Crippen LogP) is 4.33. The van der Waals surface area contributed by atoms with Gasteiger partial charge in [0, 0.05) is 32.0 Å². The van der Waals surface area contributed by atoms with Crippen LogP contribution in [0.4, 0.5) is 4.39 Å². The molecule has 0 radical (unpaired) electrons. The second-order valence-corrected chi connectivity index (χ2v) is 9.87. The molecule has 0 bridgehead atoms. The molecule has 2 atom stereocenters. The van der Waals surface area contributed by atoms with Crippen molar-refractivity contribution in [2.75, 3.05) is 26.8 Å². The molecule has 190 valence electrons. The number of methoxy groups -OCH3 is 1. The molecule has 3 rings (SSSR count). The van der Waals surface area contributed by atoms with Crippen LogP contribution in [0.1, 0.15) is 43.8 Å². The van der Waals surface area contributed by atoms with E-state index in [9.17, 15) is 14.4 Å². The number of benzene rings is 2. The van der Waals surface area contributed by atoms with Crippen LogP contribution in [0.15, 0.2) is 60.8 Å². The third-order valence-electron chi connectivity index (χ3n) is 5.90. The number of nitriles is 1. The number of hydrogen-bond acceptors (Lipinski definition) is 5. The molecule has 1 heterocycles. The zero-order valence-electron chi connectivity index (χ0n) is 21.3. The van der Waals surface area contributed by atoms with E-state index in [1.807, 2.05) is 80.1 Å². The van der Waals surface area contributed by atoms with E-state index in [1.165, 1.54) is 12.0 Å². The molecule has 0 aliphatic carbocycles. The van der Waals surface area contributed by atoms with Crippen LogP contribution in [0, 0.1) is 16.7 Å². The van der Waals surface area contributed by atoms with Gasteiger partial charge in [0.05, 0.1) is 29.9 Å². The smallest absolute Gasteiger partial charge is 0.249 e. The largest absolute Gasteiger partial charge is 0.375 e. The van der Waals surface area contributed by atoms with Gasteiger partial charge in [0.15, 0.2) is 0 Å². The lowest BCUT2D eigenvalue weighted by atomic mass is 9.84. The molecular formula is C28H34FN5O2. The molecule has 0 saturated carbocycles. The number of imidazole rings is 1. The Labute approximate surface area is 212 Å². The highest BCUT2D eigenvalue weighted by atomic mass is 19.1. The Morgan fingerprint density at radius 2 is 1.94 bits per heavy atom. The summed E-state index contributed by atoms with van der Waals surface area (Å²) < 4.78 is 21.7. The minimum atomic E-state index is -1.39. The van der Waals surface area contributed by atoms with Crippen molar-refractivity contribution in [3.8, 4) is 17.3 Å².